The van der Waals surface area contributed by atoms with Crippen LogP contribution in [-0.2, 0) is 4.74 Å². The summed E-state index contributed by atoms with van der Waals surface area (Å²) in [6.07, 6.45) is 0. The first kappa shape index (κ1) is 13.8. The Morgan fingerprint density at radius 1 is 1.47 bits per heavy atom. The van der Waals surface area contributed by atoms with Gasteiger partial charge in [-0.25, -0.2) is 4.79 Å². The fourth-order valence-electron chi connectivity index (χ4n) is 1.55. The van der Waals surface area contributed by atoms with Crippen molar-refractivity contribution < 1.29 is 19.4 Å². The molecule has 5 heteroatoms. The van der Waals surface area contributed by atoms with E-state index in [2.05, 4.69) is 0 Å². The summed E-state index contributed by atoms with van der Waals surface area (Å²) < 4.78 is 10.0. The summed E-state index contributed by atoms with van der Waals surface area (Å²) in [4.78, 5) is 11.8. The van der Waals surface area contributed by atoms with E-state index in [1.54, 1.807) is 13.0 Å². The Morgan fingerprint density at radius 2 is 2.12 bits per heavy atom. The lowest BCUT2D eigenvalue weighted by atomic mass is 10.0. The monoisotopic (exact) mass is 258 g/mol. The highest BCUT2D eigenvalue weighted by Gasteiger charge is 2.20. The van der Waals surface area contributed by atoms with Crippen molar-refractivity contribution in [2.45, 2.75) is 13.8 Å². The number of aryl methyl sites for hydroxylation is 1. The van der Waals surface area contributed by atoms with Crippen LogP contribution in [-0.4, -0.2) is 31.4 Å². The van der Waals surface area contributed by atoms with Crippen LogP contribution in [0.5, 0.6) is 5.75 Å². The molecule has 1 aromatic rings. The van der Waals surface area contributed by atoms with Crippen LogP contribution in [0.2, 0.25) is 5.02 Å². The summed E-state index contributed by atoms with van der Waals surface area (Å²) in [6.45, 7) is 3.30. The third-order valence-electron chi connectivity index (χ3n) is 2.39. The van der Waals surface area contributed by atoms with Crippen molar-refractivity contribution in [1.82, 2.24) is 0 Å². The topological polar surface area (TPSA) is 55.8 Å². The number of methoxy groups -OCH3 is 1. The van der Waals surface area contributed by atoms with E-state index in [0.29, 0.717) is 21.9 Å². The van der Waals surface area contributed by atoms with Crippen molar-refractivity contribution in [3.05, 3.63) is 27.8 Å². The third-order valence-corrected chi connectivity index (χ3v) is 2.97. The van der Waals surface area contributed by atoms with Gasteiger partial charge in [-0.1, -0.05) is 11.6 Å². The first-order valence-electron chi connectivity index (χ1n) is 5.14. The molecule has 0 bridgehead atoms. The molecule has 0 fully saturated rings. The molecule has 0 amide bonds. The lowest BCUT2D eigenvalue weighted by Crippen LogP contribution is -2.12. The minimum atomic E-state index is -0.546. The molecule has 0 aromatic heterocycles. The second-order valence-corrected chi connectivity index (χ2v) is 3.95. The first-order chi connectivity index (χ1) is 8.02. The molecule has 0 spiro atoms. The third kappa shape index (κ3) is 2.90. The van der Waals surface area contributed by atoms with Gasteiger partial charge in [-0.05, 0) is 31.0 Å². The Labute approximate surface area is 105 Å². The van der Waals surface area contributed by atoms with E-state index in [0.717, 1.165) is 5.56 Å². The average Bonchev–Trinajstić information content (AvgIpc) is 2.32. The van der Waals surface area contributed by atoms with Crippen LogP contribution in [0.1, 0.15) is 21.5 Å². The Balaban J connectivity index is 3.21. The number of hydrogen-bond acceptors (Lipinski definition) is 4. The second-order valence-electron chi connectivity index (χ2n) is 3.57. The lowest BCUT2D eigenvalue weighted by molar-refractivity contribution is 0.0429. The molecule has 4 nitrogen and oxygen atoms in total. The van der Waals surface area contributed by atoms with Crippen LogP contribution in [0.3, 0.4) is 0 Å². The van der Waals surface area contributed by atoms with Crippen LogP contribution in [0, 0.1) is 13.8 Å². The molecule has 1 N–H and O–H groups in total. The maximum atomic E-state index is 11.8. The molecule has 0 aliphatic heterocycles. The van der Waals surface area contributed by atoms with Crippen molar-refractivity contribution in [1.29, 1.82) is 0 Å². The van der Waals surface area contributed by atoms with Crippen LogP contribution < -0.4 is 4.74 Å². The minimum Gasteiger partial charge on any atom is -0.496 e. The molecule has 0 aliphatic carbocycles. The van der Waals surface area contributed by atoms with E-state index in [-0.39, 0.29) is 13.2 Å². The van der Waals surface area contributed by atoms with E-state index < -0.39 is 5.97 Å². The fraction of sp³-hybridized carbons (Fsp3) is 0.417. The van der Waals surface area contributed by atoms with Gasteiger partial charge in [-0.2, -0.15) is 0 Å². The van der Waals surface area contributed by atoms with Gasteiger partial charge < -0.3 is 14.6 Å². The van der Waals surface area contributed by atoms with Gasteiger partial charge in [0.2, 0.25) is 0 Å². The van der Waals surface area contributed by atoms with Gasteiger partial charge in [0.05, 0.1) is 13.7 Å². The molecule has 1 aromatic carbocycles. The first-order valence-corrected chi connectivity index (χ1v) is 5.52. The molecule has 0 saturated heterocycles. The summed E-state index contributed by atoms with van der Waals surface area (Å²) >= 11 is 6.08. The summed E-state index contributed by atoms with van der Waals surface area (Å²) in [5.74, 6) is -0.123. The lowest BCUT2D eigenvalue weighted by Gasteiger charge is -2.14. The van der Waals surface area contributed by atoms with Gasteiger partial charge in [0.1, 0.15) is 17.9 Å². The van der Waals surface area contributed by atoms with Gasteiger partial charge in [-0.3, -0.25) is 0 Å². The molecular weight excluding hydrogens is 244 g/mol. The average molecular weight is 259 g/mol. The van der Waals surface area contributed by atoms with E-state index >= 15 is 0 Å². The van der Waals surface area contributed by atoms with Crippen LogP contribution in [0.15, 0.2) is 6.07 Å². The predicted octanol–water partition coefficient (Wildman–Crippen LogP) is 2.11. The van der Waals surface area contributed by atoms with Crippen molar-refractivity contribution >= 4 is 17.6 Å². The molecule has 0 radical (unpaired) electrons. The number of carbonyl (C=O) groups is 1. The Kier molecular flexibility index (Phi) is 4.78. The van der Waals surface area contributed by atoms with Crippen LogP contribution >= 0.6 is 11.6 Å². The fourth-order valence-corrected chi connectivity index (χ4v) is 1.70. The summed E-state index contributed by atoms with van der Waals surface area (Å²) in [5, 5.41) is 9.14. The molecule has 0 saturated carbocycles. The zero-order chi connectivity index (χ0) is 13.0. The van der Waals surface area contributed by atoms with E-state index in [1.165, 1.54) is 7.11 Å². The van der Waals surface area contributed by atoms with Gasteiger partial charge in [-0.15, -0.1) is 0 Å². The van der Waals surface area contributed by atoms with E-state index in [9.17, 15) is 4.79 Å². The molecular formula is C12H15ClO4. The van der Waals surface area contributed by atoms with Gasteiger partial charge in [0.15, 0.2) is 0 Å². The van der Waals surface area contributed by atoms with Crippen molar-refractivity contribution in [2.24, 2.45) is 0 Å². The van der Waals surface area contributed by atoms with Crippen molar-refractivity contribution in [2.75, 3.05) is 20.3 Å². The smallest absolute Gasteiger partial charge is 0.342 e. The minimum absolute atomic E-state index is 0.0487. The highest BCUT2D eigenvalue weighted by molar-refractivity contribution is 6.32. The zero-order valence-electron chi connectivity index (χ0n) is 10.0. The highest BCUT2D eigenvalue weighted by Crippen LogP contribution is 2.31. The number of halogens is 1. The largest absolute Gasteiger partial charge is 0.496 e. The number of aliphatic hydroxyl groups excluding tert-OH is 1. The Hall–Kier alpha value is -1.26. The number of ether oxygens (including phenoxy) is 2. The second kappa shape index (κ2) is 5.89. The predicted molar refractivity (Wildman–Crippen MR) is 64.8 cm³/mol. The molecule has 1 rings (SSSR count). The number of hydrogen-bond donors (Lipinski definition) is 1. The van der Waals surface area contributed by atoms with E-state index in [1.807, 2.05) is 6.92 Å². The summed E-state index contributed by atoms with van der Waals surface area (Å²) in [6, 6.07) is 1.69. The number of rotatable bonds is 4. The standard InChI is InChI=1S/C12H15ClO4/c1-7-6-9(16-3)10(8(2)11(7)13)12(15)17-5-4-14/h6,14H,4-5H2,1-3H3. The summed E-state index contributed by atoms with van der Waals surface area (Å²) in [5.41, 5.74) is 1.75. The van der Waals surface area contributed by atoms with Crippen molar-refractivity contribution in [3.63, 3.8) is 0 Å². The number of aliphatic hydroxyl groups is 1. The van der Waals surface area contributed by atoms with Gasteiger partial charge in [0.25, 0.3) is 0 Å². The molecule has 0 atom stereocenters. The molecule has 0 heterocycles. The molecule has 0 aliphatic rings. The SMILES string of the molecule is COc1cc(C)c(Cl)c(C)c1C(=O)OCCO. The zero-order valence-corrected chi connectivity index (χ0v) is 10.8. The molecule has 17 heavy (non-hydrogen) atoms. The summed E-state index contributed by atoms with van der Waals surface area (Å²) in [7, 11) is 1.48. The van der Waals surface area contributed by atoms with Crippen LogP contribution in [0.25, 0.3) is 0 Å². The van der Waals surface area contributed by atoms with Gasteiger partial charge in [0, 0.05) is 5.02 Å². The maximum Gasteiger partial charge on any atom is 0.342 e. The number of esters is 1. The highest BCUT2D eigenvalue weighted by atomic mass is 35.5. The van der Waals surface area contributed by atoms with E-state index in [4.69, 9.17) is 26.2 Å². The Morgan fingerprint density at radius 3 is 2.65 bits per heavy atom. The normalized spacial score (nSPS) is 10.2. The number of carbonyl (C=O) groups excluding carboxylic acids is 1. The van der Waals surface area contributed by atoms with Crippen molar-refractivity contribution in [3.8, 4) is 5.75 Å². The van der Waals surface area contributed by atoms with Gasteiger partial charge >= 0.3 is 5.97 Å². The Bertz CT molecular complexity index is 429. The molecule has 94 valence electrons. The van der Waals surface area contributed by atoms with Crippen LogP contribution in [0.4, 0.5) is 0 Å². The molecule has 0 unspecified atom stereocenters. The quantitative estimate of drug-likeness (QED) is 0.841. The number of benzene rings is 1. The maximum absolute atomic E-state index is 11.8.